The molecule has 1 N–H and O–H groups in total. The Labute approximate surface area is 160 Å². The number of nitrogens with zero attached hydrogens (tertiary/aromatic N) is 1. The molecule has 2 aliphatic rings. The summed E-state index contributed by atoms with van der Waals surface area (Å²) in [4.78, 5) is 24.9. The van der Waals surface area contributed by atoms with Gasteiger partial charge in [-0.05, 0) is 49.2 Å². The number of ether oxygens (including phenoxy) is 1. The molecule has 9 heteroatoms. The molecule has 0 unspecified atom stereocenters. The summed E-state index contributed by atoms with van der Waals surface area (Å²) in [5, 5.41) is 3.06. The zero-order valence-electron chi connectivity index (χ0n) is 14.2. The summed E-state index contributed by atoms with van der Waals surface area (Å²) in [5.74, 6) is -0.654. The molecule has 2 aromatic carbocycles. The Hall–Kier alpha value is -2.58. The van der Waals surface area contributed by atoms with Gasteiger partial charge in [0.15, 0.2) is 0 Å². The number of rotatable bonds is 4. The van der Waals surface area contributed by atoms with Gasteiger partial charge in [0, 0.05) is 16.6 Å². The molecule has 0 bridgehead atoms. The third kappa shape index (κ3) is 2.94. The van der Waals surface area contributed by atoms with E-state index in [9.17, 15) is 18.0 Å². The van der Waals surface area contributed by atoms with Gasteiger partial charge in [-0.15, -0.1) is 0 Å². The molecule has 2 amide bonds. The molecule has 1 saturated carbocycles. The van der Waals surface area contributed by atoms with Crippen molar-refractivity contribution in [3.8, 4) is 5.75 Å². The Kier molecular flexibility index (Phi) is 4.12. The van der Waals surface area contributed by atoms with Crippen LogP contribution in [-0.2, 0) is 10.0 Å². The summed E-state index contributed by atoms with van der Waals surface area (Å²) >= 11 is 5.96. The molecule has 0 aromatic heterocycles. The predicted octanol–water partition coefficient (Wildman–Crippen LogP) is 2.91. The quantitative estimate of drug-likeness (QED) is 0.842. The van der Waals surface area contributed by atoms with E-state index in [1.165, 1.54) is 31.4 Å². The number of hydrogen-bond acceptors (Lipinski definition) is 5. The van der Waals surface area contributed by atoms with Crippen molar-refractivity contribution in [1.29, 1.82) is 0 Å². The van der Waals surface area contributed by atoms with Crippen LogP contribution < -0.4 is 10.1 Å². The number of halogens is 1. The summed E-state index contributed by atoms with van der Waals surface area (Å²) in [6, 6.07) is 8.52. The minimum atomic E-state index is -3.92. The lowest BCUT2D eigenvalue weighted by molar-refractivity contribution is 0.0864. The maximum atomic E-state index is 12.7. The molecule has 1 heterocycles. The van der Waals surface area contributed by atoms with Crippen molar-refractivity contribution in [3.05, 3.63) is 52.5 Å². The Bertz CT molecular complexity index is 1080. The highest BCUT2D eigenvalue weighted by Crippen LogP contribution is 2.39. The van der Waals surface area contributed by atoms with E-state index in [0.29, 0.717) is 29.3 Å². The van der Waals surface area contributed by atoms with Crippen molar-refractivity contribution in [2.45, 2.75) is 23.8 Å². The maximum Gasteiger partial charge on any atom is 0.269 e. The maximum absolute atomic E-state index is 12.7. The second kappa shape index (κ2) is 6.24. The molecular weight excluding hydrogens is 392 g/mol. The molecule has 140 valence electrons. The molecule has 1 aliphatic heterocycles. The van der Waals surface area contributed by atoms with Crippen LogP contribution in [0.5, 0.6) is 5.75 Å². The molecular formula is C18H15ClN2O5S. The fourth-order valence-corrected chi connectivity index (χ4v) is 5.04. The zero-order valence-corrected chi connectivity index (χ0v) is 15.8. The largest absolute Gasteiger partial charge is 0.495 e. The van der Waals surface area contributed by atoms with Gasteiger partial charge in [-0.25, -0.2) is 12.7 Å². The molecule has 7 nitrogen and oxygen atoms in total. The zero-order chi connectivity index (χ0) is 19.3. The molecule has 1 fully saturated rings. The van der Waals surface area contributed by atoms with Crippen LogP contribution in [0.25, 0.3) is 0 Å². The second-order valence-corrected chi connectivity index (χ2v) is 8.57. The number of sulfonamides is 1. The SMILES string of the molecule is COc1ccc(Cl)cc1NC(=O)c1ccc2c(c1)S(=O)(=O)N(C1CC1)C2=O. The summed E-state index contributed by atoms with van der Waals surface area (Å²) in [5.41, 5.74) is 0.567. The Morgan fingerprint density at radius 1 is 1.22 bits per heavy atom. The number of hydrogen-bond donors (Lipinski definition) is 1. The van der Waals surface area contributed by atoms with Crippen LogP contribution in [0, 0.1) is 0 Å². The van der Waals surface area contributed by atoms with E-state index >= 15 is 0 Å². The van der Waals surface area contributed by atoms with Crippen LogP contribution in [-0.4, -0.2) is 37.7 Å². The van der Waals surface area contributed by atoms with Crippen molar-refractivity contribution >= 4 is 39.1 Å². The van der Waals surface area contributed by atoms with E-state index in [1.54, 1.807) is 12.1 Å². The van der Waals surface area contributed by atoms with E-state index in [-0.39, 0.29) is 22.1 Å². The van der Waals surface area contributed by atoms with Gasteiger partial charge >= 0.3 is 0 Å². The first-order valence-corrected chi connectivity index (χ1v) is 10.0. The second-order valence-electron chi connectivity index (χ2n) is 6.35. The number of anilines is 1. The molecule has 0 saturated heterocycles. The molecule has 0 radical (unpaired) electrons. The number of benzene rings is 2. The van der Waals surface area contributed by atoms with E-state index in [0.717, 1.165) is 4.31 Å². The van der Waals surface area contributed by atoms with Crippen molar-refractivity contribution in [2.75, 3.05) is 12.4 Å². The standard InChI is InChI=1S/C18H15ClN2O5S/c1-26-15-7-3-11(19)9-14(15)20-17(22)10-2-6-13-16(8-10)27(24,25)21(18(13)23)12-4-5-12/h2-3,6-9,12H,4-5H2,1H3,(H,20,22). The van der Waals surface area contributed by atoms with E-state index < -0.39 is 21.8 Å². The van der Waals surface area contributed by atoms with Crippen LogP contribution in [0.1, 0.15) is 33.6 Å². The van der Waals surface area contributed by atoms with E-state index in [2.05, 4.69) is 5.32 Å². The van der Waals surface area contributed by atoms with Crippen molar-refractivity contribution in [3.63, 3.8) is 0 Å². The minimum absolute atomic E-state index is 0.0961. The first kappa shape index (κ1) is 17.8. The van der Waals surface area contributed by atoms with Gasteiger partial charge in [0.25, 0.3) is 21.8 Å². The molecule has 27 heavy (non-hydrogen) atoms. The number of amides is 2. The van der Waals surface area contributed by atoms with Crippen molar-refractivity contribution in [2.24, 2.45) is 0 Å². The number of fused-ring (bicyclic) bond motifs is 1. The van der Waals surface area contributed by atoms with Crippen LogP contribution in [0.15, 0.2) is 41.3 Å². The normalized spacial score (nSPS) is 17.6. The van der Waals surface area contributed by atoms with Crippen LogP contribution in [0.2, 0.25) is 5.02 Å². The van der Waals surface area contributed by atoms with Gasteiger partial charge in [0.05, 0.1) is 18.4 Å². The Balaban J connectivity index is 1.68. The van der Waals surface area contributed by atoms with Gasteiger partial charge in [0.1, 0.15) is 10.6 Å². The lowest BCUT2D eigenvalue weighted by Crippen LogP contribution is -2.31. The smallest absolute Gasteiger partial charge is 0.269 e. The Morgan fingerprint density at radius 3 is 2.63 bits per heavy atom. The predicted molar refractivity (Wildman–Crippen MR) is 98.8 cm³/mol. The van der Waals surface area contributed by atoms with Crippen LogP contribution in [0.4, 0.5) is 5.69 Å². The van der Waals surface area contributed by atoms with Gasteiger partial charge in [-0.3, -0.25) is 9.59 Å². The fourth-order valence-electron chi connectivity index (χ4n) is 3.03. The van der Waals surface area contributed by atoms with E-state index in [4.69, 9.17) is 16.3 Å². The van der Waals surface area contributed by atoms with Gasteiger partial charge in [-0.1, -0.05) is 11.6 Å². The lowest BCUT2D eigenvalue weighted by Gasteiger charge is -2.13. The van der Waals surface area contributed by atoms with Crippen molar-refractivity contribution in [1.82, 2.24) is 4.31 Å². The lowest BCUT2D eigenvalue weighted by atomic mass is 10.1. The van der Waals surface area contributed by atoms with Crippen molar-refractivity contribution < 1.29 is 22.7 Å². The van der Waals surface area contributed by atoms with Gasteiger partial charge < -0.3 is 10.1 Å². The molecule has 0 atom stereocenters. The Morgan fingerprint density at radius 2 is 1.96 bits per heavy atom. The summed E-state index contributed by atoms with van der Waals surface area (Å²) < 4.78 is 31.5. The number of carbonyl (C=O) groups is 2. The first-order valence-electron chi connectivity index (χ1n) is 8.20. The van der Waals surface area contributed by atoms with Gasteiger partial charge in [0.2, 0.25) is 0 Å². The summed E-state index contributed by atoms with van der Waals surface area (Å²) in [7, 11) is -2.47. The minimum Gasteiger partial charge on any atom is -0.495 e. The summed E-state index contributed by atoms with van der Waals surface area (Å²) in [6.07, 6.45) is 1.34. The monoisotopic (exact) mass is 406 g/mol. The van der Waals surface area contributed by atoms with Crippen LogP contribution >= 0.6 is 11.6 Å². The average molecular weight is 407 g/mol. The third-order valence-electron chi connectivity index (χ3n) is 4.50. The highest BCUT2D eigenvalue weighted by Gasteiger charge is 2.48. The average Bonchev–Trinajstić information content (AvgIpc) is 3.43. The molecule has 1 aliphatic carbocycles. The molecule has 2 aromatic rings. The highest BCUT2D eigenvalue weighted by atomic mass is 35.5. The molecule has 0 spiro atoms. The molecule has 4 rings (SSSR count). The third-order valence-corrected chi connectivity index (χ3v) is 6.61. The highest BCUT2D eigenvalue weighted by molar-refractivity contribution is 7.90. The van der Waals surface area contributed by atoms with Gasteiger partial charge in [-0.2, -0.15) is 0 Å². The fraction of sp³-hybridized carbons (Fsp3) is 0.222. The number of methoxy groups -OCH3 is 1. The first-order chi connectivity index (χ1) is 12.8. The van der Waals surface area contributed by atoms with E-state index in [1.807, 2.05) is 0 Å². The van der Waals surface area contributed by atoms with Crippen LogP contribution in [0.3, 0.4) is 0 Å². The number of carbonyl (C=O) groups excluding carboxylic acids is 2. The topological polar surface area (TPSA) is 92.8 Å². The number of nitrogens with one attached hydrogen (secondary N) is 1. The summed E-state index contributed by atoms with van der Waals surface area (Å²) in [6.45, 7) is 0.